The largest absolute Gasteiger partial charge is 0.294 e. The Bertz CT molecular complexity index is 382. The second kappa shape index (κ2) is 6.48. The summed E-state index contributed by atoms with van der Waals surface area (Å²) in [6, 6.07) is 3.37. The van der Waals surface area contributed by atoms with Crippen LogP contribution in [-0.4, -0.2) is 5.78 Å². The van der Waals surface area contributed by atoms with Crippen LogP contribution in [0.5, 0.6) is 0 Å². The van der Waals surface area contributed by atoms with E-state index in [9.17, 15) is 13.6 Å². The molecule has 0 aliphatic carbocycles. The van der Waals surface area contributed by atoms with Crippen molar-refractivity contribution in [3.8, 4) is 0 Å². The minimum Gasteiger partial charge on any atom is -0.294 e. The predicted octanol–water partition coefficient (Wildman–Crippen LogP) is 4.36. The van der Waals surface area contributed by atoms with Crippen LogP contribution in [0.15, 0.2) is 18.2 Å². The van der Waals surface area contributed by atoms with Gasteiger partial charge in [-0.2, -0.15) is 0 Å². The zero-order chi connectivity index (χ0) is 12.8. The van der Waals surface area contributed by atoms with Gasteiger partial charge in [-0.15, -0.1) is 0 Å². The Morgan fingerprint density at radius 2 is 1.71 bits per heavy atom. The fourth-order valence-electron chi connectivity index (χ4n) is 1.99. The van der Waals surface area contributed by atoms with Gasteiger partial charge in [0, 0.05) is 11.5 Å². The second-order valence-corrected chi connectivity index (χ2v) is 4.27. The first kappa shape index (κ1) is 13.8. The molecule has 0 radical (unpaired) electrons. The highest BCUT2D eigenvalue weighted by Gasteiger charge is 2.19. The summed E-state index contributed by atoms with van der Waals surface area (Å²) in [5, 5.41) is 0. The lowest BCUT2D eigenvalue weighted by Crippen LogP contribution is -2.15. The van der Waals surface area contributed by atoms with Gasteiger partial charge in [-0.1, -0.05) is 26.7 Å². The van der Waals surface area contributed by atoms with Gasteiger partial charge in [-0.05, 0) is 31.0 Å². The van der Waals surface area contributed by atoms with Crippen LogP contribution >= 0.6 is 0 Å². The van der Waals surface area contributed by atoms with E-state index in [1.54, 1.807) is 0 Å². The molecule has 17 heavy (non-hydrogen) atoms. The molecular formula is C14H18F2O. The summed E-state index contributed by atoms with van der Waals surface area (Å²) in [5.74, 6) is -2.02. The number of ketones is 1. The van der Waals surface area contributed by atoms with E-state index in [0.29, 0.717) is 0 Å². The summed E-state index contributed by atoms with van der Waals surface area (Å²) in [6.45, 7) is 4.03. The van der Waals surface area contributed by atoms with Gasteiger partial charge in [0.25, 0.3) is 0 Å². The van der Waals surface area contributed by atoms with Gasteiger partial charge in [0.1, 0.15) is 0 Å². The van der Waals surface area contributed by atoms with Crippen LogP contribution in [0, 0.1) is 17.6 Å². The lowest BCUT2D eigenvalue weighted by Gasteiger charge is -2.14. The molecule has 0 fully saturated rings. The molecule has 94 valence electrons. The zero-order valence-electron chi connectivity index (χ0n) is 10.3. The van der Waals surface area contributed by atoms with E-state index in [1.165, 1.54) is 6.07 Å². The third-order valence-electron chi connectivity index (χ3n) is 2.85. The first-order chi connectivity index (χ1) is 8.10. The van der Waals surface area contributed by atoms with Crippen LogP contribution in [0.1, 0.15) is 49.9 Å². The molecule has 0 atom stereocenters. The molecule has 3 heteroatoms. The Morgan fingerprint density at radius 3 is 2.18 bits per heavy atom. The molecule has 1 aromatic carbocycles. The predicted molar refractivity (Wildman–Crippen MR) is 64.0 cm³/mol. The maximum Gasteiger partial charge on any atom is 0.166 e. The van der Waals surface area contributed by atoms with Crippen LogP contribution < -0.4 is 0 Å². The maximum absolute atomic E-state index is 13.0. The third kappa shape index (κ3) is 3.62. The molecule has 0 aliphatic heterocycles. The molecule has 0 bridgehead atoms. The standard InChI is InChI=1S/C14H18F2O/c1-3-5-10(6-4-2)14(17)11-7-8-12(15)13(16)9-11/h7-10H,3-6H2,1-2H3. The van der Waals surface area contributed by atoms with Crippen LogP contribution in [0.25, 0.3) is 0 Å². The first-order valence-electron chi connectivity index (χ1n) is 6.09. The van der Waals surface area contributed by atoms with E-state index in [0.717, 1.165) is 37.8 Å². The Kier molecular flexibility index (Phi) is 5.26. The topological polar surface area (TPSA) is 17.1 Å². The molecule has 0 saturated carbocycles. The van der Waals surface area contributed by atoms with E-state index in [-0.39, 0.29) is 17.3 Å². The fourth-order valence-corrected chi connectivity index (χ4v) is 1.99. The van der Waals surface area contributed by atoms with Crippen molar-refractivity contribution in [3.05, 3.63) is 35.4 Å². The van der Waals surface area contributed by atoms with Crippen molar-refractivity contribution in [1.29, 1.82) is 0 Å². The summed E-state index contributed by atoms with van der Waals surface area (Å²) in [7, 11) is 0. The number of carbonyl (C=O) groups is 1. The van der Waals surface area contributed by atoms with E-state index in [2.05, 4.69) is 0 Å². The molecule has 0 unspecified atom stereocenters. The Labute approximate surface area is 101 Å². The van der Waals surface area contributed by atoms with Gasteiger partial charge >= 0.3 is 0 Å². The second-order valence-electron chi connectivity index (χ2n) is 4.27. The van der Waals surface area contributed by atoms with Gasteiger partial charge in [-0.3, -0.25) is 4.79 Å². The Balaban J connectivity index is 2.88. The van der Waals surface area contributed by atoms with Gasteiger partial charge in [0.2, 0.25) is 0 Å². The van der Waals surface area contributed by atoms with Crippen LogP contribution in [0.4, 0.5) is 8.78 Å². The highest BCUT2D eigenvalue weighted by molar-refractivity contribution is 5.97. The molecule has 1 aromatic rings. The lowest BCUT2D eigenvalue weighted by atomic mass is 9.90. The SMILES string of the molecule is CCCC(CCC)C(=O)c1ccc(F)c(F)c1. The highest BCUT2D eigenvalue weighted by atomic mass is 19.2. The van der Waals surface area contributed by atoms with Crippen LogP contribution in [0.2, 0.25) is 0 Å². The quantitative estimate of drug-likeness (QED) is 0.675. The fraction of sp³-hybridized carbons (Fsp3) is 0.500. The molecule has 0 N–H and O–H groups in total. The lowest BCUT2D eigenvalue weighted by molar-refractivity contribution is 0.0904. The summed E-state index contributed by atoms with van der Waals surface area (Å²) < 4.78 is 25.8. The average Bonchev–Trinajstić information content (AvgIpc) is 2.31. The van der Waals surface area contributed by atoms with Crippen molar-refractivity contribution in [1.82, 2.24) is 0 Å². The van der Waals surface area contributed by atoms with E-state index >= 15 is 0 Å². The van der Waals surface area contributed by atoms with Gasteiger partial charge in [-0.25, -0.2) is 8.78 Å². The minimum absolute atomic E-state index is 0.0742. The molecule has 0 amide bonds. The van der Waals surface area contributed by atoms with E-state index in [1.807, 2.05) is 13.8 Å². The van der Waals surface area contributed by atoms with Gasteiger partial charge in [0.15, 0.2) is 17.4 Å². The Hall–Kier alpha value is -1.25. The van der Waals surface area contributed by atoms with Crippen molar-refractivity contribution < 1.29 is 13.6 Å². The summed E-state index contributed by atoms with van der Waals surface area (Å²) in [6.07, 6.45) is 3.43. The number of carbonyl (C=O) groups excluding carboxylic acids is 1. The average molecular weight is 240 g/mol. The first-order valence-corrected chi connectivity index (χ1v) is 6.09. The maximum atomic E-state index is 13.0. The number of Topliss-reactive ketones (excluding diaryl/α,β-unsaturated/α-hetero) is 1. The molecule has 0 heterocycles. The highest BCUT2D eigenvalue weighted by Crippen LogP contribution is 2.20. The smallest absolute Gasteiger partial charge is 0.166 e. The number of halogens is 2. The van der Waals surface area contributed by atoms with Gasteiger partial charge in [0.05, 0.1) is 0 Å². The summed E-state index contributed by atoms with van der Waals surface area (Å²) in [5.41, 5.74) is 0.274. The zero-order valence-corrected chi connectivity index (χ0v) is 10.3. The molecule has 0 aliphatic rings. The Morgan fingerprint density at radius 1 is 1.12 bits per heavy atom. The molecule has 0 aromatic heterocycles. The van der Waals surface area contributed by atoms with Crippen LogP contribution in [0.3, 0.4) is 0 Å². The van der Waals surface area contributed by atoms with Crippen molar-refractivity contribution in [2.24, 2.45) is 5.92 Å². The van der Waals surface area contributed by atoms with Crippen molar-refractivity contribution in [2.75, 3.05) is 0 Å². The normalized spacial score (nSPS) is 10.9. The number of hydrogen-bond donors (Lipinski definition) is 0. The van der Waals surface area contributed by atoms with Crippen molar-refractivity contribution in [3.63, 3.8) is 0 Å². The number of hydrogen-bond acceptors (Lipinski definition) is 1. The molecule has 0 spiro atoms. The molecule has 0 saturated heterocycles. The van der Waals surface area contributed by atoms with E-state index < -0.39 is 11.6 Å². The van der Waals surface area contributed by atoms with Crippen molar-refractivity contribution >= 4 is 5.78 Å². The van der Waals surface area contributed by atoms with Gasteiger partial charge < -0.3 is 0 Å². The third-order valence-corrected chi connectivity index (χ3v) is 2.85. The molecule has 1 nitrogen and oxygen atoms in total. The van der Waals surface area contributed by atoms with Crippen molar-refractivity contribution in [2.45, 2.75) is 39.5 Å². The number of benzene rings is 1. The molecule has 1 rings (SSSR count). The summed E-state index contributed by atoms with van der Waals surface area (Å²) >= 11 is 0. The summed E-state index contributed by atoms with van der Waals surface area (Å²) in [4.78, 5) is 12.1. The van der Waals surface area contributed by atoms with E-state index in [4.69, 9.17) is 0 Å². The monoisotopic (exact) mass is 240 g/mol. The van der Waals surface area contributed by atoms with Crippen LogP contribution in [-0.2, 0) is 0 Å². The minimum atomic E-state index is -0.956. The molecular weight excluding hydrogens is 222 g/mol. The number of rotatable bonds is 6.